The van der Waals surface area contributed by atoms with Crippen molar-refractivity contribution in [2.24, 2.45) is 0 Å². The van der Waals surface area contributed by atoms with E-state index >= 15 is 0 Å². The van der Waals surface area contributed by atoms with E-state index in [2.05, 4.69) is 16.0 Å². The Bertz CT molecular complexity index is 1210. The smallest absolute Gasteiger partial charge is 0.165 e. The third-order valence-corrected chi connectivity index (χ3v) is 5.13. The van der Waals surface area contributed by atoms with Crippen LogP contribution >= 0.6 is 11.3 Å². The molecule has 5 nitrogen and oxygen atoms in total. The fraction of sp³-hybridized carbons (Fsp3) is 0.0500. The van der Waals surface area contributed by atoms with Gasteiger partial charge in [0.15, 0.2) is 11.6 Å². The molecule has 2 N–H and O–H groups in total. The lowest BCUT2D eigenvalue weighted by atomic mass is 9.98. The number of methoxy groups -OCH3 is 1. The highest BCUT2D eigenvalue weighted by molar-refractivity contribution is 7.17. The maximum Gasteiger partial charge on any atom is 0.165 e. The molecule has 0 amide bonds. The number of hydrogen-bond donors (Lipinski definition) is 1. The van der Waals surface area contributed by atoms with Crippen LogP contribution in [0.5, 0.6) is 5.75 Å². The van der Waals surface area contributed by atoms with Crippen LogP contribution in [0.25, 0.3) is 32.6 Å². The molecule has 0 unspecified atom stereocenters. The summed E-state index contributed by atoms with van der Waals surface area (Å²) >= 11 is 1.48. The van der Waals surface area contributed by atoms with Crippen LogP contribution in [-0.4, -0.2) is 17.1 Å². The van der Waals surface area contributed by atoms with Crippen LogP contribution in [0.2, 0.25) is 0 Å². The van der Waals surface area contributed by atoms with E-state index in [-0.39, 0.29) is 17.1 Å². The number of nitrogens with zero attached hydrogens (tertiary/aromatic N) is 3. The lowest BCUT2D eigenvalue weighted by molar-refractivity contribution is 0.386. The summed E-state index contributed by atoms with van der Waals surface area (Å²) < 4.78 is 20.0. The highest BCUT2D eigenvalue weighted by Gasteiger charge is 2.17. The number of halogens is 1. The molecule has 0 spiro atoms. The number of fused-ring (bicyclic) bond motifs is 1. The molecule has 0 atom stereocenters. The Morgan fingerprint density at radius 1 is 1.19 bits per heavy atom. The van der Waals surface area contributed by atoms with Gasteiger partial charge in [-0.05, 0) is 30.3 Å². The second-order valence-corrected chi connectivity index (χ2v) is 6.64. The quantitative estimate of drug-likeness (QED) is 0.564. The number of benzene rings is 2. The molecule has 0 fully saturated rings. The Morgan fingerprint density at radius 2 is 2.04 bits per heavy atom. The fourth-order valence-electron chi connectivity index (χ4n) is 2.97. The Morgan fingerprint density at radius 3 is 2.78 bits per heavy atom. The van der Waals surface area contributed by atoms with E-state index in [0.717, 1.165) is 15.8 Å². The molecule has 27 heavy (non-hydrogen) atoms. The first-order valence-electron chi connectivity index (χ1n) is 7.99. The molecule has 0 bridgehead atoms. The van der Waals surface area contributed by atoms with Gasteiger partial charge in [0.05, 0.1) is 28.5 Å². The molecular weight excluding hydrogens is 363 g/mol. The second kappa shape index (κ2) is 6.67. The van der Waals surface area contributed by atoms with E-state index in [9.17, 15) is 9.65 Å². The van der Waals surface area contributed by atoms with E-state index < -0.39 is 5.82 Å². The van der Waals surface area contributed by atoms with Crippen LogP contribution in [-0.2, 0) is 0 Å². The standard InChI is InChI=1S/C20H13FN4OS/c1-26-18-6-5-11(7-15(18)21)17-8-13(14(9-22)20(23)25-17)12-3-2-4-16-19(12)27-10-24-16/h2-8,10H,1H3,(H2,23,25). The molecule has 0 saturated heterocycles. The van der Waals surface area contributed by atoms with Crippen LogP contribution < -0.4 is 10.5 Å². The second-order valence-electron chi connectivity index (χ2n) is 5.78. The topological polar surface area (TPSA) is 84.8 Å². The maximum atomic E-state index is 14.1. The average molecular weight is 376 g/mol. The number of nitrogens with two attached hydrogens (primary N) is 1. The molecular formula is C20H13FN4OS. The van der Waals surface area contributed by atoms with Gasteiger partial charge >= 0.3 is 0 Å². The number of thiazole rings is 1. The largest absolute Gasteiger partial charge is 0.494 e. The number of nitrogen functional groups attached to an aromatic ring is 1. The third kappa shape index (κ3) is 2.86. The first-order valence-corrected chi connectivity index (χ1v) is 8.87. The number of hydrogen-bond acceptors (Lipinski definition) is 6. The van der Waals surface area contributed by atoms with Crippen molar-refractivity contribution in [1.82, 2.24) is 9.97 Å². The molecule has 0 saturated carbocycles. The number of ether oxygens (including phenoxy) is 1. The number of rotatable bonds is 3. The average Bonchev–Trinajstić information content (AvgIpc) is 3.16. The van der Waals surface area contributed by atoms with Crippen molar-refractivity contribution < 1.29 is 9.13 Å². The Hall–Kier alpha value is -3.50. The van der Waals surface area contributed by atoms with Gasteiger partial charge in [-0.2, -0.15) is 5.26 Å². The lowest BCUT2D eigenvalue weighted by Crippen LogP contribution is -2.00. The summed E-state index contributed by atoms with van der Waals surface area (Å²) in [7, 11) is 1.41. The van der Waals surface area contributed by atoms with Crippen molar-refractivity contribution in [1.29, 1.82) is 5.26 Å². The summed E-state index contributed by atoms with van der Waals surface area (Å²) in [5, 5.41) is 9.60. The number of pyridine rings is 1. The molecule has 0 aliphatic heterocycles. The van der Waals surface area contributed by atoms with E-state index in [0.29, 0.717) is 16.8 Å². The van der Waals surface area contributed by atoms with Gasteiger partial charge in [0.25, 0.3) is 0 Å². The summed E-state index contributed by atoms with van der Waals surface area (Å²) in [6.45, 7) is 0. The molecule has 4 aromatic rings. The van der Waals surface area contributed by atoms with Gasteiger partial charge in [0.2, 0.25) is 0 Å². The number of nitriles is 1. The molecule has 0 aliphatic rings. The van der Waals surface area contributed by atoms with E-state index in [1.54, 1.807) is 17.6 Å². The van der Waals surface area contributed by atoms with Crippen LogP contribution in [0.15, 0.2) is 48.0 Å². The van der Waals surface area contributed by atoms with E-state index in [1.165, 1.54) is 30.6 Å². The summed E-state index contributed by atoms with van der Waals surface area (Å²) in [5.41, 5.74) is 11.4. The van der Waals surface area contributed by atoms with Gasteiger partial charge < -0.3 is 10.5 Å². The summed E-state index contributed by atoms with van der Waals surface area (Å²) in [6.07, 6.45) is 0. The minimum atomic E-state index is -0.495. The summed E-state index contributed by atoms with van der Waals surface area (Å²) in [4.78, 5) is 8.62. The monoisotopic (exact) mass is 376 g/mol. The lowest BCUT2D eigenvalue weighted by Gasteiger charge is -2.11. The first kappa shape index (κ1) is 16.9. The van der Waals surface area contributed by atoms with Crippen molar-refractivity contribution in [3.63, 3.8) is 0 Å². The van der Waals surface area contributed by atoms with Crippen LogP contribution in [0.3, 0.4) is 0 Å². The zero-order valence-electron chi connectivity index (χ0n) is 14.2. The minimum Gasteiger partial charge on any atom is -0.494 e. The maximum absolute atomic E-state index is 14.1. The molecule has 7 heteroatoms. The van der Waals surface area contributed by atoms with Crippen LogP contribution in [0.4, 0.5) is 10.2 Å². The van der Waals surface area contributed by atoms with Crippen molar-refractivity contribution in [3.05, 3.63) is 59.4 Å². The highest BCUT2D eigenvalue weighted by Crippen LogP contribution is 2.37. The SMILES string of the molecule is COc1ccc(-c2cc(-c3cccc4ncsc34)c(C#N)c(N)n2)cc1F. The Labute approximate surface area is 158 Å². The summed E-state index contributed by atoms with van der Waals surface area (Å²) in [6, 6.07) is 14.2. The molecule has 2 aromatic heterocycles. The normalized spacial score (nSPS) is 10.7. The predicted molar refractivity (Wildman–Crippen MR) is 104 cm³/mol. The number of anilines is 1. The van der Waals surface area contributed by atoms with Gasteiger partial charge in [-0.1, -0.05) is 12.1 Å². The third-order valence-electron chi connectivity index (χ3n) is 4.25. The molecule has 0 aliphatic carbocycles. The predicted octanol–water partition coefficient (Wildman–Crippen LogP) is 4.63. The van der Waals surface area contributed by atoms with Gasteiger partial charge in [-0.3, -0.25) is 0 Å². The number of aromatic nitrogens is 2. The van der Waals surface area contributed by atoms with Gasteiger partial charge in [0.1, 0.15) is 17.5 Å². The summed E-state index contributed by atoms with van der Waals surface area (Å²) in [5.74, 6) is -0.247. The molecule has 132 valence electrons. The van der Waals surface area contributed by atoms with Gasteiger partial charge in [-0.15, -0.1) is 11.3 Å². The Kier molecular flexibility index (Phi) is 4.18. The van der Waals surface area contributed by atoms with Crippen molar-refractivity contribution in [2.45, 2.75) is 0 Å². The Balaban J connectivity index is 1.96. The van der Waals surface area contributed by atoms with Crippen LogP contribution in [0, 0.1) is 17.1 Å². The molecule has 0 radical (unpaired) electrons. The molecule has 4 rings (SSSR count). The fourth-order valence-corrected chi connectivity index (χ4v) is 3.78. The highest BCUT2D eigenvalue weighted by atomic mass is 32.1. The van der Waals surface area contributed by atoms with Crippen molar-refractivity contribution in [2.75, 3.05) is 12.8 Å². The van der Waals surface area contributed by atoms with E-state index in [4.69, 9.17) is 10.5 Å². The van der Waals surface area contributed by atoms with Crippen molar-refractivity contribution in [3.8, 4) is 34.2 Å². The minimum absolute atomic E-state index is 0.0998. The van der Waals surface area contributed by atoms with Gasteiger partial charge in [-0.25, -0.2) is 14.4 Å². The zero-order chi connectivity index (χ0) is 19.0. The molecule has 2 heterocycles. The van der Waals surface area contributed by atoms with Crippen molar-refractivity contribution >= 4 is 27.4 Å². The zero-order valence-corrected chi connectivity index (χ0v) is 15.0. The van der Waals surface area contributed by atoms with Gasteiger partial charge in [0, 0.05) is 16.7 Å². The van der Waals surface area contributed by atoms with Crippen LogP contribution in [0.1, 0.15) is 5.56 Å². The van der Waals surface area contributed by atoms with E-state index in [1.807, 2.05) is 18.2 Å². The first-order chi connectivity index (χ1) is 13.1. The molecule has 2 aromatic carbocycles.